The van der Waals surface area contributed by atoms with Crippen molar-refractivity contribution in [3.8, 4) is 0 Å². The van der Waals surface area contributed by atoms with E-state index in [4.69, 9.17) is 14.2 Å². The van der Waals surface area contributed by atoms with E-state index in [-0.39, 0.29) is 17.8 Å². The Bertz CT molecular complexity index is 1070. The monoisotopic (exact) mass is 525 g/mol. The minimum absolute atomic E-state index is 0.143. The summed E-state index contributed by atoms with van der Waals surface area (Å²) in [6.07, 6.45) is 12.8. The van der Waals surface area contributed by atoms with Gasteiger partial charge in [-0.2, -0.15) is 0 Å². The molecule has 1 aromatic rings. The molecule has 2 bridgehead atoms. The molecule has 4 rings (SSSR count). The van der Waals surface area contributed by atoms with Gasteiger partial charge in [-0.3, -0.25) is 4.79 Å². The third-order valence-electron chi connectivity index (χ3n) is 6.87. The van der Waals surface area contributed by atoms with Crippen LogP contribution >= 0.6 is 11.8 Å². The highest BCUT2D eigenvalue weighted by molar-refractivity contribution is 8.14. The average Bonchev–Trinajstić information content (AvgIpc) is 3.31. The Morgan fingerprint density at radius 1 is 1.14 bits per heavy atom. The predicted octanol–water partition coefficient (Wildman–Crippen LogP) is 5.72. The maximum absolute atomic E-state index is 13.2. The summed E-state index contributed by atoms with van der Waals surface area (Å²) in [4.78, 5) is 38.2. The number of hydrogen-bond donors (Lipinski definition) is 1. The molecule has 8 heteroatoms. The number of nitrogens with one attached hydrogen (secondary N) is 1. The van der Waals surface area contributed by atoms with Gasteiger partial charge in [0.05, 0.1) is 18.1 Å². The molecule has 0 aliphatic carbocycles. The number of hydrogen-bond acceptors (Lipinski definition) is 7. The molecule has 0 aromatic heterocycles. The van der Waals surface area contributed by atoms with Crippen molar-refractivity contribution in [2.45, 2.75) is 76.4 Å². The molecule has 3 aliphatic rings. The third kappa shape index (κ3) is 7.58. The Morgan fingerprint density at radius 3 is 2.70 bits per heavy atom. The number of benzene rings is 1. The number of esters is 2. The second kappa shape index (κ2) is 12.6. The highest BCUT2D eigenvalue weighted by atomic mass is 32.2. The number of fused-ring (bicyclic) bond motifs is 2. The quantitative estimate of drug-likeness (QED) is 0.505. The van der Waals surface area contributed by atoms with Gasteiger partial charge in [-0.05, 0) is 50.7 Å². The topological polar surface area (TPSA) is 90.9 Å². The summed E-state index contributed by atoms with van der Waals surface area (Å²) < 4.78 is 18.6. The molecule has 1 N–H and O–H groups in total. The number of carbonyl (C=O) groups is 3. The number of amides is 1. The lowest BCUT2D eigenvalue weighted by molar-refractivity contribution is -0.281. The molecule has 0 radical (unpaired) electrons. The van der Waals surface area contributed by atoms with Crippen molar-refractivity contribution in [1.82, 2.24) is 5.32 Å². The van der Waals surface area contributed by atoms with Crippen molar-refractivity contribution in [2.75, 3.05) is 5.75 Å². The van der Waals surface area contributed by atoms with E-state index in [0.717, 1.165) is 36.6 Å². The minimum atomic E-state index is -1.45. The van der Waals surface area contributed by atoms with Crippen LogP contribution in [0.5, 0.6) is 0 Å². The molecule has 0 spiro atoms. The van der Waals surface area contributed by atoms with Crippen LogP contribution < -0.4 is 5.32 Å². The molecule has 1 amide bonds. The lowest BCUT2D eigenvalue weighted by Gasteiger charge is -2.46. The second-order valence-electron chi connectivity index (χ2n) is 10.00. The van der Waals surface area contributed by atoms with Crippen LogP contribution in [-0.2, 0) is 19.0 Å². The van der Waals surface area contributed by atoms with Crippen molar-refractivity contribution >= 4 is 28.9 Å². The molecule has 2 fully saturated rings. The smallest absolute Gasteiger partial charge is 0.340 e. The van der Waals surface area contributed by atoms with Crippen molar-refractivity contribution in [2.24, 2.45) is 5.92 Å². The van der Waals surface area contributed by atoms with Gasteiger partial charge in [-0.25, -0.2) is 9.59 Å². The van der Waals surface area contributed by atoms with Crippen LogP contribution in [0.15, 0.2) is 66.3 Å². The number of ether oxygens (including phenoxy) is 3. The summed E-state index contributed by atoms with van der Waals surface area (Å²) in [5, 5.41) is 2.71. The van der Waals surface area contributed by atoms with E-state index < -0.39 is 29.9 Å². The largest absolute Gasteiger partial charge is 0.459 e. The molecule has 198 valence electrons. The highest BCUT2D eigenvalue weighted by Gasteiger charge is 2.54. The zero-order chi connectivity index (χ0) is 26.3. The van der Waals surface area contributed by atoms with Gasteiger partial charge in [0.2, 0.25) is 5.79 Å². The summed E-state index contributed by atoms with van der Waals surface area (Å²) in [5.41, 5.74) is 1.32. The van der Waals surface area contributed by atoms with E-state index in [0.29, 0.717) is 30.1 Å². The van der Waals surface area contributed by atoms with Gasteiger partial charge in [0.15, 0.2) is 0 Å². The van der Waals surface area contributed by atoms with Crippen molar-refractivity contribution < 1.29 is 28.6 Å². The summed E-state index contributed by atoms with van der Waals surface area (Å²) in [6, 6.07) is 8.14. The fourth-order valence-electron chi connectivity index (χ4n) is 4.87. The van der Waals surface area contributed by atoms with E-state index in [1.165, 1.54) is 6.08 Å². The average molecular weight is 526 g/mol. The number of allylic oxidation sites excluding steroid dienone is 5. The first-order valence-corrected chi connectivity index (χ1v) is 13.9. The molecule has 0 unspecified atom stereocenters. The maximum atomic E-state index is 13.2. The highest BCUT2D eigenvalue weighted by Crippen LogP contribution is 2.40. The maximum Gasteiger partial charge on any atom is 0.340 e. The fourth-order valence-corrected chi connectivity index (χ4v) is 5.75. The van der Waals surface area contributed by atoms with Gasteiger partial charge in [0.1, 0.15) is 12.1 Å². The molecule has 0 saturated carbocycles. The van der Waals surface area contributed by atoms with Crippen LogP contribution in [-0.4, -0.2) is 47.0 Å². The van der Waals surface area contributed by atoms with E-state index >= 15 is 0 Å². The lowest BCUT2D eigenvalue weighted by atomic mass is 9.90. The first-order chi connectivity index (χ1) is 17.8. The number of thioether (sulfide) groups is 1. The Morgan fingerprint density at radius 2 is 1.95 bits per heavy atom. The van der Waals surface area contributed by atoms with Gasteiger partial charge in [-0.15, -0.1) is 0 Å². The standard InChI is InChI=1S/C29H35NO6S/c1-20-10-6-3-4-7-11-21(2)16-26(31)34-24-17-23(15-14-20)35-29(18-24,25-19-37-28(33)30-25)36-27(32)22-12-8-5-9-13-22/h3-6,8-10,12-13,16,20,23-25H,7,11,14-15,17-19H2,1-2H3,(H,30,33)/b4-3+,10-6-,21-16-/t20-,23-,24-,25+,29+/m1/s1. The van der Waals surface area contributed by atoms with Crippen molar-refractivity contribution in [1.29, 1.82) is 0 Å². The van der Waals surface area contributed by atoms with Gasteiger partial charge < -0.3 is 19.5 Å². The van der Waals surface area contributed by atoms with Crippen LogP contribution in [0, 0.1) is 5.92 Å². The van der Waals surface area contributed by atoms with Crippen LogP contribution in [0.2, 0.25) is 0 Å². The third-order valence-corrected chi connectivity index (χ3v) is 7.75. The Labute approximate surface area is 222 Å². The molecule has 7 nitrogen and oxygen atoms in total. The molecular formula is C29H35NO6S. The minimum Gasteiger partial charge on any atom is -0.459 e. The van der Waals surface area contributed by atoms with E-state index in [1.807, 2.05) is 19.1 Å². The Hall–Kier alpha value is -2.84. The van der Waals surface area contributed by atoms with E-state index in [2.05, 4.69) is 30.5 Å². The molecule has 1 aromatic carbocycles. The predicted molar refractivity (Wildman–Crippen MR) is 143 cm³/mol. The van der Waals surface area contributed by atoms with E-state index in [9.17, 15) is 14.4 Å². The first kappa shape index (κ1) is 27.2. The molecule has 2 saturated heterocycles. The summed E-state index contributed by atoms with van der Waals surface area (Å²) in [7, 11) is 0. The van der Waals surface area contributed by atoms with Crippen molar-refractivity contribution in [3.05, 3.63) is 71.8 Å². The van der Waals surface area contributed by atoms with E-state index in [1.54, 1.807) is 24.3 Å². The van der Waals surface area contributed by atoms with Gasteiger partial charge in [-0.1, -0.05) is 66.8 Å². The van der Waals surface area contributed by atoms with Crippen LogP contribution in [0.3, 0.4) is 0 Å². The molecule has 37 heavy (non-hydrogen) atoms. The number of rotatable bonds is 3. The zero-order valence-corrected chi connectivity index (χ0v) is 22.2. The van der Waals surface area contributed by atoms with Crippen LogP contribution in [0.1, 0.15) is 62.7 Å². The lowest BCUT2D eigenvalue weighted by Crippen LogP contribution is -2.60. The zero-order valence-electron chi connectivity index (χ0n) is 21.4. The van der Waals surface area contributed by atoms with Gasteiger partial charge in [0.25, 0.3) is 5.24 Å². The van der Waals surface area contributed by atoms with Crippen LogP contribution in [0.4, 0.5) is 4.79 Å². The molecule has 3 heterocycles. The SMILES string of the molecule is C/C1=C/C(=O)O[C@@H]2C[C@@H](CC[C@H](C)/C=C\C=C\CC1)O[C@@](OC(=O)c1ccccc1)([C@@H]1CSC(=O)N1)C2. The summed E-state index contributed by atoms with van der Waals surface area (Å²) in [6.45, 7) is 4.07. The number of carbonyl (C=O) groups excluding carboxylic acids is 3. The second-order valence-corrected chi connectivity index (χ2v) is 11.0. The van der Waals surface area contributed by atoms with Gasteiger partial charge >= 0.3 is 11.9 Å². The van der Waals surface area contributed by atoms with Crippen molar-refractivity contribution in [3.63, 3.8) is 0 Å². The molecular weight excluding hydrogens is 490 g/mol. The molecule has 3 aliphatic heterocycles. The summed E-state index contributed by atoms with van der Waals surface area (Å²) in [5.74, 6) is -1.71. The van der Waals surface area contributed by atoms with Crippen LogP contribution in [0.25, 0.3) is 0 Å². The molecule has 5 atom stereocenters. The first-order valence-electron chi connectivity index (χ1n) is 12.9. The fraction of sp³-hybridized carbons (Fsp3) is 0.483. The summed E-state index contributed by atoms with van der Waals surface area (Å²) >= 11 is 1.13. The Balaban J connectivity index is 1.64. The Kier molecular flexibility index (Phi) is 9.27. The van der Waals surface area contributed by atoms with Gasteiger partial charge in [0, 0.05) is 18.2 Å². The normalized spacial score (nSPS) is 34.4.